The van der Waals surface area contributed by atoms with Gasteiger partial charge in [-0.25, -0.2) is 9.78 Å². The van der Waals surface area contributed by atoms with Gasteiger partial charge in [-0.2, -0.15) is 5.26 Å². The number of para-hydroxylation sites is 3. The topological polar surface area (TPSA) is 112 Å². The molecule has 0 aliphatic rings. The predicted molar refractivity (Wildman–Crippen MR) is 113 cm³/mol. The monoisotopic (exact) mass is 398 g/mol. The van der Waals surface area contributed by atoms with Crippen LogP contribution in [-0.4, -0.2) is 32.1 Å². The summed E-state index contributed by atoms with van der Waals surface area (Å²) in [6.07, 6.45) is -1.05. The summed E-state index contributed by atoms with van der Waals surface area (Å²) < 4.78 is 5.47. The molecule has 1 atom stereocenters. The van der Waals surface area contributed by atoms with Gasteiger partial charge in [-0.05, 0) is 38.1 Å². The number of H-pyrrole nitrogens is 1. The maximum absolute atomic E-state index is 12.8. The second kappa shape index (κ2) is 7.68. The number of aliphatic hydroxyl groups excluding tert-OH is 1. The van der Waals surface area contributed by atoms with Crippen LogP contribution in [0.15, 0.2) is 60.4 Å². The number of allylic oxidation sites excluding steroid dienone is 1. The van der Waals surface area contributed by atoms with Gasteiger partial charge in [0.05, 0.1) is 22.1 Å². The fraction of sp³-hybridized carbons (Fsp3) is 0.130. The number of pyridine rings is 1. The normalized spacial score (nSPS) is 13.0. The number of imidazole rings is 1. The van der Waals surface area contributed by atoms with E-state index in [1.54, 1.807) is 25.1 Å². The van der Waals surface area contributed by atoms with Gasteiger partial charge in [-0.3, -0.25) is 4.98 Å². The van der Waals surface area contributed by atoms with Gasteiger partial charge in [0, 0.05) is 11.1 Å². The Morgan fingerprint density at radius 1 is 1.13 bits per heavy atom. The Labute approximate surface area is 172 Å². The third-order valence-corrected chi connectivity index (χ3v) is 4.73. The maximum atomic E-state index is 12.8. The zero-order valence-corrected chi connectivity index (χ0v) is 16.4. The molecule has 30 heavy (non-hydrogen) atoms. The number of esters is 1. The average molecular weight is 398 g/mol. The molecule has 0 saturated heterocycles. The van der Waals surface area contributed by atoms with Gasteiger partial charge in [0.15, 0.2) is 17.7 Å². The molecule has 0 aliphatic carbocycles. The van der Waals surface area contributed by atoms with E-state index < -0.39 is 12.1 Å². The zero-order valence-electron chi connectivity index (χ0n) is 16.4. The van der Waals surface area contributed by atoms with E-state index in [0.717, 1.165) is 5.52 Å². The van der Waals surface area contributed by atoms with Crippen molar-refractivity contribution in [2.45, 2.75) is 20.0 Å². The first-order valence-electron chi connectivity index (χ1n) is 9.33. The smallest absolute Gasteiger partial charge is 0.339 e. The van der Waals surface area contributed by atoms with Crippen LogP contribution in [0, 0.1) is 18.3 Å². The van der Waals surface area contributed by atoms with Crippen molar-refractivity contribution in [3.8, 4) is 6.07 Å². The number of carbonyl (C=O) groups is 1. The lowest BCUT2D eigenvalue weighted by atomic mass is 10.1. The molecule has 2 heterocycles. The molecule has 4 aromatic rings. The third-order valence-electron chi connectivity index (χ3n) is 4.73. The number of carbonyl (C=O) groups excluding carboxylic acids is 1. The highest BCUT2D eigenvalue weighted by Gasteiger charge is 2.23. The highest BCUT2D eigenvalue weighted by atomic mass is 16.6. The van der Waals surface area contributed by atoms with Crippen molar-refractivity contribution in [2.24, 2.45) is 0 Å². The SMILES string of the molecule is Cc1cc(C(=O)O[C@H](C)/C(O)=C(\C#N)c2nc3ccccc3[nH]2)c2ccccc2n1. The van der Waals surface area contributed by atoms with Crippen molar-refractivity contribution in [3.63, 3.8) is 0 Å². The largest absolute Gasteiger partial charge is 0.507 e. The minimum Gasteiger partial charge on any atom is -0.507 e. The Hall–Kier alpha value is -4.18. The third kappa shape index (κ3) is 3.47. The first kappa shape index (κ1) is 19.2. The lowest BCUT2D eigenvalue weighted by Crippen LogP contribution is -2.19. The van der Waals surface area contributed by atoms with Crippen LogP contribution in [0.5, 0.6) is 0 Å². The van der Waals surface area contributed by atoms with Gasteiger partial charge in [0.2, 0.25) is 0 Å². The Morgan fingerprint density at radius 3 is 2.57 bits per heavy atom. The number of benzene rings is 2. The van der Waals surface area contributed by atoms with Crippen LogP contribution in [0.25, 0.3) is 27.5 Å². The molecule has 0 unspecified atom stereocenters. The number of aryl methyl sites for hydroxylation is 1. The molecule has 0 aliphatic heterocycles. The van der Waals surface area contributed by atoms with Gasteiger partial charge >= 0.3 is 5.97 Å². The lowest BCUT2D eigenvalue weighted by Gasteiger charge is -2.15. The number of hydrogen-bond donors (Lipinski definition) is 2. The number of hydrogen-bond acceptors (Lipinski definition) is 6. The number of nitrogens with one attached hydrogen (secondary N) is 1. The van der Waals surface area contributed by atoms with E-state index in [1.165, 1.54) is 6.92 Å². The quantitative estimate of drug-likeness (QED) is 0.298. The standard InChI is InChI=1S/C23H18N4O3/c1-13-11-16(15-7-3-4-8-18(15)25-13)23(29)30-14(2)21(28)17(12-24)22-26-19-9-5-6-10-20(19)27-22/h3-11,14,28H,1-2H3,(H,26,27)/b21-17-/t14-/m1/s1. The van der Waals surface area contributed by atoms with Crippen LogP contribution in [0.4, 0.5) is 0 Å². The molecule has 0 fully saturated rings. The van der Waals surface area contributed by atoms with Crippen LogP contribution in [0.1, 0.15) is 28.8 Å². The number of ether oxygens (including phenoxy) is 1. The first-order chi connectivity index (χ1) is 14.5. The first-order valence-corrected chi connectivity index (χ1v) is 9.33. The molecular weight excluding hydrogens is 380 g/mol. The number of nitrogens with zero attached hydrogens (tertiary/aromatic N) is 3. The summed E-state index contributed by atoms with van der Waals surface area (Å²) >= 11 is 0. The van der Waals surface area contributed by atoms with Gasteiger partial charge in [-0.1, -0.05) is 30.3 Å². The molecule has 0 amide bonds. The summed E-state index contributed by atoms with van der Waals surface area (Å²) in [7, 11) is 0. The molecule has 0 radical (unpaired) electrons. The summed E-state index contributed by atoms with van der Waals surface area (Å²) in [5, 5.41) is 20.9. The molecule has 0 spiro atoms. The highest BCUT2D eigenvalue weighted by molar-refractivity contribution is 6.03. The van der Waals surface area contributed by atoms with Crippen LogP contribution < -0.4 is 0 Å². The van der Waals surface area contributed by atoms with Crippen LogP contribution in [0.3, 0.4) is 0 Å². The Bertz CT molecular complexity index is 1310. The van der Waals surface area contributed by atoms with Gasteiger partial charge in [0.25, 0.3) is 0 Å². The maximum Gasteiger partial charge on any atom is 0.339 e. The summed E-state index contributed by atoms with van der Waals surface area (Å²) in [6, 6.07) is 18.1. The summed E-state index contributed by atoms with van der Waals surface area (Å²) in [5.41, 5.74) is 3.01. The van der Waals surface area contributed by atoms with Crippen molar-refractivity contribution in [3.05, 3.63) is 77.4 Å². The number of aromatic nitrogens is 3. The predicted octanol–water partition coefficient (Wildman–Crippen LogP) is 4.46. The van der Waals surface area contributed by atoms with E-state index >= 15 is 0 Å². The van der Waals surface area contributed by atoms with Crippen molar-refractivity contribution in [1.29, 1.82) is 5.26 Å². The second-order valence-electron chi connectivity index (χ2n) is 6.85. The summed E-state index contributed by atoms with van der Waals surface area (Å²) in [4.78, 5) is 24.6. The molecule has 7 heteroatoms. The zero-order chi connectivity index (χ0) is 21.3. The number of nitriles is 1. The summed E-state index contributed by atoms with van der Waals surface area (Å²) in [6.45, 7) is 3.29. The van der Waals surface area contributed by atoms with E-state index in [2.05, 4.69) is 15.0 Å². The number of aromatic amines is 1. The fourth-order valence-corrected chi connectivity index (χ4v) is 3.26. The summed E-state index contributed by atoms with van der Waals surface area (Å²) in [5.74, 6) is -0.776. The van der Waals surface area contributed by atoms with Crippen LogP contribution in [0.2, 0.25) is 0 Å². The molecule has 0 bridgehead atoms. The van der Waals surface area contributed by atoms with Gasteiger partial charge < -0.3 is 14.8 Å². The molecule has 2 N–H and O–H groups in total. The van der Waals surface area contributed by atoms with E-state index in [0.29, 0.717) is 27.7 Å². The second-order valence-corrected chi connectivity index (χ2v) is 6.85. The van der Waals surface area contributed by atoms with Crippen molar-refractivity contribution >= 4 is 33.5 Å². The minimum absolute atomic E-state index is 0.0812. The van der Waals surface area contributed by atoms with E-state index in [4.69, 9.17) is 4.74 Å². The Kier molecular flexibility index (Phi) is 4.90. The lowest BCUT2D eigenvalue weighted by molar-refractivity contribution is 0.0336. The average Bonchev–Trinajstić information content (AvgIpc) is 3.17. The van der Waals surface area contributed by atoms with Crippen molar-refractivity contribution in [2.75, 3.05) is 0 Å². The highest BCUT2D eigenvalue weighted by Crippen LogP contribution is 2.23. The molecule has 7 nitrogen and oxygen atoms in total. The fourth-order valence-electron chi connectivity index (χ4n) is 3.26. The molecule has 148 valence electrons. The number of aliphatic hydroxyl groups is 1. The van der Waals surface area contributed by atoms with Crippen molar-refractivity contribution in [1.82, 2.24) is 15.0 Å². The van der Waals surface area contributed by atoms with E-state index in [1.807, 2.05) is 42.5 Å². The van der Waals surface area contributed by atoms with Crippen LogP contribution >= 0.6 is 0 Å². The molecule has 2 aromatic carbocycles. The Morgan fingerprint density at radius 2 is 1.83 bits per heavy atom. The van der Waals surface area contributed by atoms with Crippen LogP contribution in [-0.2, 0) is 4.74 Å². The van der Waals surface area contributed by atoms with E-state index in [9.17, 15) is 15.2 Å². The molecule has 0 saturated carbocycles. The van der Waals surface area contributed by atoms with Crippen molar-refractivity contribution < 1.29 is 14.6 Å². The minimum atomic E-state index is -1.05. The van der Waals surface area contributed by atoms with Gasteiger partial charge in [0.1, 0.15) is 11.6 Å². The molecule has 2 aromatic heterocycles. The van der Waals surface area contributed by atoms with Gasteiger partial charge in [-0.15, -0.1) is 0 Å². The number of fused-ring (bicyclic) bond motifs is 2. The van der Waals surface area contributed by atoms with E-state index in [-0.39, 0.29) is 17.2 Å². The Balaban J connectivity index is 1.66. The molecule has 4 rings (SSSR count). The molecular formula is C23H18N4O3. The number of rotatable bonds is 4.